The molecule has 2 rings (SSSR count). The second kappa shape index (κ2) is 8.29. The number of halogens is 6. The predicted molar refractivity (Wildman–Crippen MR) is 99.7 cm³/mol. The SMILES string of the molecule is CC(C)(C)C(=O)/C=c1\[nH]c(=O)/c(=C\c2ccc(OC(F)(F)C(F)C(F)(F)F)cc2)s1. The van der Waals surface area contributed by atoms with E-state index in [-0.39, 0.29) is 10.3 Å². The third kappa shape index (κ3) is 5.97. The number of benzene rings is 1. The molecule has 0 aliphatic heterocycles. The van der Waals surface area contributed by atoms with Crippen molar-refractivity contribution in [3.63, 3.8) is 0 Å². The van der Waals surface area contributed by atoms with E-state index >= 15 is 0 Å². The van der Waals surface area contributed by atoms with Crippen molar-refractivity contribution in [1.29, 1.82) is 0 Å². The fourth-order valence-corrected chi connectivity index (χ4v) is 2.93. The number of Topliss-reactive ketones (excluding diaryl/α,β-unsaturated/α-hetero) is 1. The van der Waals surface area contributed by atoms with E-state index in [1.165, 1.54) is 24.3 Å². The lowest BCUT2D eigenvalue weighted by Crippen LogP contribution is -2.45. The van der Waals surface area contributed by atoms with Gasteiger partial charge in [0.05, 0.1) is 9.20 Å². The highest BCUT2D eigenvalue weighted by Gasteiger charge is 2.59. The van der Waals surface area contributed by atoms with Crippen molar-refractivity contribution in [3.8, 4) is 5.75 Å². The molecule has 1 aromatic heterocycles. The zero-order chi connectivity index (χ0) is 22.9. The Morgan fingerprint density at radius 1 is 1.10 bits per heavy atom. The Kier molecular flexibility index (Phi) is 6.55. The summed E-state index contributed by atoms with van der Waals surface area (Å²) in [6.45, 7) is 5.16. The fourth-order valence-electron chi connectivity index (χ4n) is 2.04. The number of hydrogen-bond donors (Lipinski definition) is 1. The third-order valence-corrected chi connectivity index (χ3v) is 4.66. The predicted octanol–water partition coefficient (Wildman–Crippen LogP) is 3.53. The Bertz CT molecular complexity index is 1080. The van der Waals surface area contributed by atoms with Gasteiger partial charge in [-0.1, -0.05) is 32.9 Å². The molecule has 2 aromatic rings. The van der Waals surface area contributed by atoms with E-state index < -0.39 is 35.2 Å². The molecule has 1 aromatic carbocycles. The lowest BCUT2D eigenvalue weighted by Gasteiger charge is -2.23. The van der Waals surface area contributed by atoms with Gasteiger partial charge in [0, 0.05) is 11.5 Å². The molecule has 0 saturated heterocycles. The molecule has 0 bridgehead atoms. The van der Waals surface area contributed by atoms with Crippen LogP contribution in [0.3, 0.4) is 0 Å². The van der Waals surface area contributed by atoms with E-state index in [9.17, 15) is 35.9 Å². The quantitative estimate of drug-likeness (QED) is 0.705. The number of hydrogen-bond acceptors (Lipinski definition) is 4. The fraction of sp³-hybridized carbons (Fsp3) is 0.368. The summed E-state index contributed by atoms with van der Waals surface area (Å²) in [6, 6.07) is 4.24. The number of nitrogens with one attached hydrogen (secondary N) is 1. The molecule has 0 saturated carbocycles. The number of ether oxygens (including phenoxy) is 1. The van der Waals surface area contributed by atoms with Gasteiger partial charge in [-0.05, 0) is 23.8 Å². The van der Waals surface area contributed by atoms with Crippen molar-refractivity contribution in [2.75, 3.05) is 0 Å². The van der Waals surface area contributed by atoms with Crippen LogP contribution in [0.2, 0.25) is 0 Å². The highest BCUT2D eigenvalue weighted by molar-refractivity contribution is 7.07. The first-order valence-corrected chi connectivity index (χ1v) is 9.26. The largest absolute Gasteiger partial charge is 0.439 e. The smallest absolute Gasteiger partial charge is 0.430 e. The molecule has 0 radical (unpaired) electrons. The maximum absolute atomic E-state index is 13.3. The lowest BCUT2D eigenvalue weighted by atomic mass is 9.91. The Hall–Kier alpha value is -2.56. The van der Waals surface area contributed by atoms with Crippen LogP contribution in [0.15, 0.2) is 29.1 Å². The molecule has 11 heteroatoms. The molecule has 30 heavy (non-hydrogen) atoms. The minimum atomic E-state index is -5.78. The Balaban J connectivity index is 2.26. The van der Waals surface area contributed by atoms with E-state index in [1.807, 2.05) is 0 Å². The minimum absolute atomic E-state index is 0.195. The Labute approximate surface area is 170 Å². The molecular formula is C19H17F6NO3S. The van der Waals surface area contributed by atoms with E-state index in [2.05, 4.69) is 9.72 Å². The van der Waals surface area contributed by atoms with Crippen molar-refractivity contribution < 1.29 is 35.9 Å². The number of rotatable bonds is 5. The van der Waals surface area contributed by atoms with Gasteiger partial charge in [-0.2, -0.15) is 22.0 Å². The number of aromatic nitrogens is 1. The minimum Gasteiger partial charge on any atom is -0.430 e. The molecule has 0 aliphatic carbocycles. The van der Waals surface area contributed by atoms with Gasteiger partial charge in [-0.3, -0.25) is 9.59 Å². The van der Waals surface area contributed by atoms with E-state index in [0.717, 1.165) is 23.5 Å². The topological polar surface area (TPSA) is 59.2 Å². The first kappa shape index (κ1) is 23.7. The van der Waals surface area contributed by atoms with Gasteiger partial charge in [0.15, 0.2) is 5.78 Å². The van der Waals surface area contributed by atoms with Crippen LogP contribution >= 0.6 is 11.3 Å². The second-order valence-electron chi connectivity index (χ2n) is 7.32. The average Bonchev–Trinajstić information content (AvgIpc) is 2.93. The molecule has 0 amide bonds. The standard InChI is InChI=1S/C19H17F6NO3S/c1-17(2,3)13(27)9-14-26-15(28)12(30-14)8-10-4-6-11(7-5-10)29-19(24,25)16(20)18(21,22)23/h4-9,16H,1-3H3,(H,26,28)/b12-8+,14-9+. The van der Waals surface area contributed by atoms with Crippen molar-refractivity contribution in [1.82, 2.24) is 4.98 Å². The lowest BCUT2D eigenvalue weighted by molar-refractivity contribution is -0.304. The zero-order valence-electron chi connectivity index (χ0n) is 15.9. The summed E-state index contributed by atoms with van der Waals surface area (Å²) in [7, 11) is 0. The van der Waals surface area contributed by atoms with Gasteiger partial charge >= 0.3 is 12.3 Å². The summed E-state index contributed by atoms with van der Waals surface area (Å²) in [6.07, 6.45) is -12.7. The van der Waals surface area contributed by atoms with Gasteiger partial charge < -0.3 is 9.72 Å². The van der Waals surface area contributed by atoms with Crippen LogP contribution in [0.25, 0.3) is 12.2 Å². The van der Waals surface area contributed by atoms with Crippen LogP contribution in [0.4, 0.5) is 26.3 Å². The molecule has 0 spiro atoms. The van der Waals surface area contributed by atoms with Crippen molar-refractivity contribution in [3.05, 3.63) is 49.4 Å². The number of carbonyl (C=O) groups excluding carboxylic acids is 1. The van der Waals surface area contributed by atoms with E-state index in [4.69, 9.17) is 0 Å². The molecular weight excluding hydrogens is 436 g/mol. The van der Waals surface area contributed by atoms with E-state index in [1.54, 1.807) is 20.8 Å². The summed E-state index contributed by atoms with van der Waals surface area (Å²) in [5.41, 5.74) is -0.766. The van der Waals surface area contributed by atoms with Gasteiger partial charge in [0.1, 0.15) is 5.75 Å². The number of carbonyl (C=O) groups is 1. The monoisotopic (exact) mass is 453 g/mol. The van der Waals surface area contributed by atoms with Crippen molar-refractivity contribution in [2.24, 2.45) is 5.41 Å². The molecule has 1 N–H and O–H groups in total. The number of H-pyrrole nitrogens is 1. The molecule has 1 unspecified atom stereocenters. The van der Waals surface area contributed by atoms with Crippen LogP contribution in [0.5, 0.6) is 5.75 Å². The van der Waals surface area contributed by atoms with Gasteiger partial charge in [-0.15, -0.1) is 11.3 Å². The summed E-state index contributed by atoms with van der Waals surface area (Å²) in [5.74, 6) is -0.882. The van der Waals surface area contributed by atoms with Gasteiger partial charge in [-0.25, -0.2) is 4.39 Å². The second-order valence-corrected chi connectivity index (χ2v) is 8.41. The van der Waals surface area contributed by atoms with Crippen molar-refractivity contribution >= 4 is 29.3 Å². The van der Waals surface area contributed by atoms with Crippen LogP contribution in [-0.4, -0.2) is 29.2 Å². The van der Waals surface area contributed by atoms with Gasteiger partial charge in [0.25, 0.3) is 11.7 Å². The molecule has 0 aliphatic rings. The highest BCUT2D eigenvalue weighted by atomic mass is 32.1. The zero-order valence-corrected chi connectivity index (χ0v) is 16.8. The Morgan fingerprint density at radius 3 is 2.17 bits per heavy atom. The third-order valence-electron chi connectivity index (χ3n) is 3.70. The molecule has 164 valence electrons. The number of ketones is 1. The Morgan fingerprint density at radius 2 is 1.67 bits per heavy atom. The molecule has 1 atom stereocenters. The molecule has 4 nitrogen and oxygen atoms in total. The number of alkyl halides is 6. The summed E-state index contributed by atoms with van der Waals surface area (Å²) < 4.78 is 80.3. The first-order valence-electron chi connectivity index (χ1n) is 8.44. The molecule has 0 fully saturated rings. The van der Waals surface area contributed by atoms with Crippen LogP contribution in [-0.2, 0) is 4.79 Å². The number of aromatic amines is 1. The highest BCUT2D eigenvalue weighted by Crippen LogP contribution is 2.36. The van der Waals surface area contributed by atoms with Crippen LogP contribution in [0.1, 0.15) is 26.3 Å². The number of thiazole rings is 1. The molecule has 1 heterocycles. The average molecular weight is 453 g/mol. The van der Waals surface area contributed by atoms with Crippen LogP contribution < -0.4 is 19.5 Å². The summed E-state index contributed by atoms with van der Waals surface area (Å²) >= 11 is 0.994. The summed E-state index contributed by atoms with van der Waals surface area (Å²) in [4.78, 5) is 26.6. The maximum atomic E-state index is 13.3. The summed E-state index contributed by atoms with van der Waals surface area (Å²) in [5, 5.41) is 0. The normalized spacial score (nSPS) is 15.4. The van der Waals surface area contributed by atoms with Gasteiger partial charge in [0.2, 0.25) is 0 Å². The van der Waals surface area contributed by atoms with E-state index in [0.29, 0.717) is 10.2 Å². The van der Waals surface area contributed by atoms with Crippen LogP contribution in [0, 0.1) is 5.41 Å². The van der Waals surface area contributed by atoms with Crippen molar-refractivity contribution in [2.45, 2.75) is 39.2 Å². The maximum Gasteiger partial charge on any atom is 0.439 e. The first-order chi connectivity index (χ1) is 13.6.